The summed E-state index contributed by atoms with van der Waals surface area (Å²) >= 11 is 5.24. The van der Waals surface area contributed by atoms with Crippen LogP contribution in [-0.4, -0.2) is 25.3 Å². The molecule has 5 heteroatoms. The van der Waals surface area contributed by atoms with Crippen LogP contribution in [0.25, 0.3) is 0 Å². The van der Waals surface area contributed by atoms with Gasteiger partial charge in [-0.25, -0.2) is 0 Å². The normalized spacial score (nSPS) is 14.0. The second kappa shape index (κ2) is 5.27. The minimum Gasteiger partial charge on any atom is -0.337 e. The second-order valence-electron chi connectivity index (χ2n) is 4.81. The topological polar surface area (TPSA) is 37.8 Å². The third-order valence-electron chi connectivity index (χ3n) is 2.50. The number of hydrogen-bond donors (Lipinski definition) is 1. The van der Waals surface area contributed by atoms with E-state index in [1.807, 2.05) is 13.1 Å². The Bertz CT molecular complexity index is 426. The smallest absolute Gasteiger partial charge is 0.177 e. The largest absolute Gasteiger partial charge is 0.337 e. The average molecular weight is 260 g/mol. The van der Waals surface area contributed by atoms with Gasteiger partial charge in [-0.15, -0.1) is 0 Å². The highest BCUT2D eigenvalue weighted by Gasteiger charge is 2.19. The molecule has 0 aliphatic heterocycles. The van der Waals surface area contributed by atoms with Crippen LogP contribution in [0.4, 0.5) is 0 Å². The lowest BCUT2D eigenvalue weighted by Gasteiger charge is -2.20. The lowest BCUT2D eigenvalue weighted by Crippen LogP contribution is -2.20. The van der Waals surface area contributed by atoms with Gasteiger partial charge in [0.25, 0.3) is 0 Å². The zero-order valence-electron chi connectivity index (χ0n) is 10.4. The summed E-state index contributed by atoms with van der Waals surface area (Å²) in [5.74, 6) is 1.38. The van der Waals surface area contributed by atoms with E-state index in [4.69, 9.17) is 12.2 Å². The lowest BCUT2D eigenvalue weighted by atomic mass is 9.93. The predicted molar refractivity (Wildman–Crippen MR) is 71.9 cm³/mol. The molecule has 0 saturated heterocycles. The van der Waals surface area contributed by atoms with Crippen LogP contribution in [0, 0.1) is 4.77 Å². The molecule has 0 radical (unpaired) electrons. The molecule has 1 aromatic heterocycles. The van der Waals surface area contributed by atoms with Gasteiger partial charge >= 0.3 is 0 Å². The lowest BCUT2D eigenvalue weighted by molar-refractivity contribution is 0.524. The van der Waals surface area contributed by atoms with Crippen LogP contribution in [0.5, 0.6) is 0 Å². The minimum absolute atomic E-state index is 0.0568. The summed E-state index contributed by atoms with van der Waals surface area (Å²) in [7, 11) is -0.736. The van der Waals surface area contributed by atoms with Gasteiger partial charge in [-0.1, -0.05) is 27.7 Å². The Labute approximate surface area is 105 Å². The molecule has 1 N–H and O–H groups in total. The number of hydrogen-bond acceptors (Lipinski definition) is 2. The summed E-state index contributed by atoms with van der Waals surface area (Å²) in [6.07, 6.45) is 1.96. The third kappa shape index (κ3) is 3.28. The zero-order valence-corrected chi connectivity index (χ0v) is 12.0. The van der Waals surface area contributed by atoms with E-state index in [9.17, 15) is 4.21 Å². The Morgan fingerprint density at radius 1 is 1.50 bits per heavy atom. The summed E-state index contributed by atoms with van der Waals surface area (Å²) < 4.78 is 14.2. The maximum absolute atomic E-state index is 11.4. The number of nitrogens with zero attached hydrogens (tertiary/aromatic N) is 1. The van der Waals surface area contributed by atoms with E-state index >= 15 is 0 Å². The Morgan fingerprint density at radius 3 is 2.62 bits per heavy atom. The first-order valence-electron chi connectivity index (χ1n) is 5.50. The molecule has 3 nitrogen and oxygen atoms in total. The van der Waals surface area contributed by atoms with Crippen LogP contribution < -0.4 is 0 Å². The van der Waals surface area contributed by atoms with Gasteiger partial charge in [-0.3, -0.25) is 4.21 Å². The number of imidazole rings is 1. The van der Waals surface area contributed by atoms with Crippen LogP contribution in [0.15, 0.2) is 6.20 Å². The Morgan fingerprint density at radius 2 is 2.12 bits per heavy atom. The van der Waals surface area contributed by atoms with Gasteiger partial charge < -0.3 is 9.55 Å². The fraction of sp³-hybridized carbons (Fsp3) is 0.727. The number of nitrogens with one attached hydrogen (secondary N) is 1. The molecule has 1 aromatic rings. The van der Waals surface area contributed by atoms with E-state index in [0.29, 0.717) is 11.5 Å². The van der Waals surface area contributed by atoms with E-state index in [2.05, 4.69) is 30.3 Å². The van der Waals surface area contributed by atoms with Crippen LogP contribution in [-0.2, 0) is 22.8 Å². The molecule has 1 unspecified atom stereocenters. The molecule has 0 aromatic carbocycles. The first kappa shape index (κ1) is 13.6. The van der Waals surface area contributed by atoms with E-state index in [1.54, 1.807) is 0 Å². The highest BCUT2D eigenvalue weighted by atomic mass is 32.2. The molecular weight excluding hydrogens is 240 g/mol. The number of aromatic amines is 1. The van der Waals surface area contributed by atoms with E-state index in [0.717, 1.165) is 11.3 Å². The SMILES string of the molecule is CCS(=O)CCn1c(C(C)(C)C)c[nH]c1=S. The Balaban J connectivity index is 2.91. The van der Waals surface area contributed by atoms with Crippen LogP contribution in [0.2, 0.25) is 0 Å². The standard InChI is InChI=1S/C11H20N2OS2/c1-5-16(14)7-6-13-9(11(2,3)4)8-12-10(13)15/h8H,5-7H2,1-4H3,(H,12,15). The summed E-state index contributed by atoms with van der Waals surface area (Å²) in [6, 6.07) is 0. The predicted octanol–water partition coefficient (Wildman–Crippen LogP) is 2.61. The molecule has 0 aliphatic carbocycles. The van der Waals surface area contributed by atoms with Gasteiger partial charge in [-0.05, 0) is 12.2 Å². The molecular formula is C11H20N2OS2. The summed E-state index contributed by atoms with van der Waals surface area (Å²) in [5.41, 5.74) is 1.23. The van der Waals surface area contributed by atoms with Crippen LogP contribution in [0.3, 0.4) is 0 Å². The molecule has 0 saturated carbocycles. The van der Waals surface area contributed by atoms with Gasteiger partial charge in [0, 0.05) is 46.2 Å². The van der Waals surface area contributed by atoms with E-state index in [1.165, 1.54) is 5.69 Å². The third-order valence-corrected chi connectivity index (χ3v) is 4.12. The number of rotatable bonds is 4. The maximum atomic E-state index is 11.4. The first-order valence-corrected chi connectivity index (χ1v) is 7.39. The summed E-state index contributed by atoms with van der Waals surface area (Å²) in [5, 5.41) is 0. The molecule has 1 atom stereocenters. The zero-order chi connectivity index (χ0) is 12.3. The summed E-state index contributed by atoms with van der Waals surface area (Å²) in [6.45, 7) is 9.13. The average Bonchev–Trinajstić information content (AvgIpc) is 2.55. The Hall–Kier alpha value is -0.420. The highest BCUT2D eigenvalue weighted by molar-refractivity contribution is 7.84. The molecule has 92 valence electrons. The molecule has 0 aliphatic rings. The van der Waals surface area contributed by atoms with Crippen molar-refractivity contribution in [2.75, 3.05) is 11.5 Å². The fourth-order valence-corrected chi connectivity index (χ4v) is 2.50. The monoisotopic (exact) mass is 260 g/mol. The molecule has 0 fully saturated rings. The maximum Gasteiger partial charge on any atom is 0.177 e. The second-order valence-corrected chi connectivity index (χ2v) is 7.07. The van der Waals surface area contributed by atoms with Gasteiger partial charge in [-0.2, -0.15) is 0 Å². The highest BCUT2D eigenvalue weighted by Crippen LogP contribution is 2.22. The van der Waals surface area contributed by atoms with Crippen LogP contribution >= 0.6 is 12.2 Å². The first-order chi connectivity index (χ1) is 7.36. The van der Waals surface area contributed by atoms with Gasteiger partial charge in [0.2, 0.25) is 0 Å². The molecule has 1 heterocycles. The molecule has 1 rings (SSSR count). The van der Waals surface area contributed by atoms with Gasteiger partial charge in [0.1, 0.15) is 0 Å². The fourth-order valence-electron chi connectivity index (χ4n) is 1.58. The number of H-pyrrole nitrogens is 1. The van der Waals surface area contributed by atoms with Crippen molar-refractivity contribution in [2.45, 2.75) is 39.7 Å². The van der Waals surface area contributed by atoms with Crippen molar-refractivity contribution < 1.29 is 4.21 Å². The van der Waals surface area contributed by atoms with Crippen molar-refractivity contribution in [2.24, 2.45) is 0 Å². The van der Waals surface area contributed by atoms with E-state index < -0.39 is 10.8 Å². The molecule has 0 spiro atoms. The van der Waals surface area contributed by atoms with Crippen molar-refractivity contribution in [1.82, 2.24) is 9.55 Å². The quantitative estimate of drug-likeness (QED) is 0.845. The molecule has 16 heavy (non-hydrogen) atoms. The van der Waals surface area contributed by atoms with Gasteiger partial charge in [0.05, 0.1) is 0 Å². The van der Waals surface area contributed by atoms with Crippen molar-refractivity contribution in [3.8, 4) is 0 Å². The number of aromatic nitrogens is 2. The molecule has 0 amide bonds. The minimum atomic E-state index is -0.736. The van der Waals surface area contributed by atoms with Crippen molar-refractivity contribution in [3.63, 3.8) is 0 Å². The Kier molecular flexibility index (Phi) is 4.50. The summed E-state index contributed by atoms with van der Waals surface area (Å²) in [4.78, 5) is 3.06. The van der Waals surface area contributed by atoms with Crippen molar-refractivity contribution >= 4 is 23.0 Å². The van der Waals surface area contributed by atoms with Gasteiger partial charge in [0.15, 0.2) is 4.77 Å². The van der Waals surface area contributed by atoms with E-state index in [-0.39, 0.29) is 5.41 Å². The van der Waals surface area contributed by atoms with Crippen LogP contribution in [0.1, 0.15) is 33.4 Å². The van der Waals surface area contributed by atoms with Crippen molar-refractivity contribution in [3.05, 3.63) is 16.7 Å². The molecule has 0 bridgehead atoms. The van der Waals surface area contributed by atoms with Crippen molar-refractivity contribution in [1.29, 1.82) is 0 Å².